The Morgan fingerprint density at radius 3 is 1.62 bits per heavy atom. The van der Waals surface area contributed by atoms with Crippen LogP contribution in [0.3, 0.4) is 0 Å². The highest BCUT2D eigenvalue weighted by Gasteiger charge is 2.63. The van der Waals surface area contributed by atoms with Gasteiger partial charge in [-0.05, 0) is 36.2 Å². The molecule has 1 saturated heterocycles. The Morgan fingerprint density at radius 1 is 0.794 bits per heavy atom. The highest BCUT2D eigenvalue weighted by atomic mass is 16.5. The van der Waals surface area contributed by atoms with Crippen LogP contribution >= 0.6 is 0 Å². The van der Waals surface area contributed by atoms with Crippen LogP contribution in [0.5, 0.6) is 0 Å². The lowest BCUT2D eigenvalue weighted by atomic mass is 9.58. The Bertz CT molecular complexity index is 616. The van der Waals surface area contributed by atoms with Crippen LogP contribution in [-0.4, -0.2) is 18.2 Å². The highest BCUT2D eigenvalue weighted by Crippen LogP contribution is 2.56. The minimum atomic E-state index is -0.430. The van der Waals surface area contributed by atoms with Gasteiger partial charge in [-0.3, -0.25) is 0 Å². The average molecular weight is 475 g/mol. The number of nitrogens with two attached hydrogens (primary N) is 2. The van der Waals surface area contributed by atoms with E-state index >= 15 is 0 Å². The van der Waals surface area contributed by atoms with Gasteiger partial charge in [0.05, 0.1) is 6.61 Å². The normalized spacial score (nSPS) is 25.9. The Morgan fingerprint density at radius 2 is 1.24 bits per heavy atom. The fourth-order valence-electron chi connectivity index (χ4n) is 6.13. The predicted octanol–water partition coefficient (Wildman–Crippen LogP) is 7.58. The Labute approximate surface area is 211 Å². The van der Waals surface area contributed by atoms with E-state index in [1.165, 1.54) is 128 Å². The maximum atomic E-state index is 6.33. The first kappa shape index (κ1) is 29.1. The average Bonchev–Trinajstić information content (AvgIpc) is 2.84. The molecule has 0 aromatic rings. The lowest BCUT2D eigenvalue weighted by molar-refractivity contribution is -0.286. The Hall–Kier alpha value is -1.16. The predicted molar refractivity (Wildman–Crippen MR) is 144 cm³/mol. The molecule has 4 N–H and O–H groups in total. The van der Waals surface area contributed by atoms with Gasteiger partial charge in [-0.1, -0.05) is 129 Å². The van der Waals surface area contributed by atoms with Gasteiger partial charge in [0.1, 0.15) is 5.60 Å². The van der Waals surface area contributed by atoms with Crippen molar-refractivity contribution in [1.29, 1.82) is 0 Å². The van der Waals surface area contributed by atoms with E-state index in [0.29, 0.717) is 0 Å². The molecular formula is C30H56N3O+. The quantitative estimate of drug-likeness (QED) is 0.133. The molecule has 34 heavy (non-hydrogen) atoms. The van der Waals surface area contributed by atoms with Gasteiger partial charge in [0, 0.05) is 11.1 Å². The molecule has 0 radical (unpaired) electrons. The van der Waals surface area contributed by atoms with E-state index in [2.05, 4.69) is 31.1 Å². The van der Waals surface area contributed by atoms with Crippen LogP contribution in [0.25, 0.3) is 0 Å². The second-order valence-corrected chi connectivity index (χ2v) is 11.1. The molecule has 4 nitrogen and oxygen atoms in total. The second kappa shape index (κ2) is 16.5. The van der Waals surface area contributed by atoms with Gasteiger partial charge in [0.2, 0.25) is 0 Å². The monoisotopic (exact) mass is 474 g/mol. The molecule has 2 rings (SSSR count). The van der Waals surface area contributed by atoms with Crippen LogP contribution in [0, 0.1) is 5.41 Å². The molecule has 4 heteroatoms. The van der Waals surface area contributed by atoms with Crippen molar-refractivity contribution in [3.05, 3.63) is 23.9 Å². The molecule has 0 aromatic carbocycles. The fourth-order valence-corrected chi connectivity index (χ4v) is 6.13. The van der Waals surface area contributed by atoms with E-state index in [0.717, 1.165) is 12.3 Å². The number of nitrogens with zero attached hydrogens (tertiary/aromatic N) is 1. The van der Waals surface area contributed by atoms with Crippen LogP contribution in [0.1, 0.15) is 142 Å². The van der Waals surface area contributed by atoms with Gasteiger partial charge >= 0.3 is 0 Å². The lowest BCUT2D eigenvalue weighted by Crippen LogP contribution is -2.68. The minimum Gasteiger partial charge on any atom is -0.399 e. The maximum Gasteiger partial charge on any atom is 0.163 e. The molecule has 196 valence electrons. The minimum absolute atomic E-state index is 0.120. The standard InChI is InChI=1S/C30H55N3O/c1-3-5-7-9-11-13-14-16-18-20-24-29(23-19-17-15-12-10-8-6-4-2)26-34-30(29)25-27(31)21-22-28(30)33-32/h21-22,25,28,32H,3-20,23-24,26,31H2,1-2H3/p+1. The zero-order chi connectivity index (χ0) is 24.5. The summed E-state index contributed by atoms with van der Waals surface area (Å²) in [5, 5.41) is 4.23. The van der Waals surface area contributed by atoms with Crippen molar-refractivity contribution in [1.82, 2.24) is 0 Å². The number of ether oxygens (including phenoxy) is 1. The summed E-state index contributed by atoms with van der Waals surface area (Å²) in [4.78, 5) is 0. The van der Waals surface area contributed by atoms with Crippen molar-refractivity contribution < 1.29 is 10.3 Å². The van der Waals surface area contributed by atoms with E-state index < -0.39 is 5.60 Å². The largest absolute Gasteiger partial charge is 0.399 e. The summed E-state index contributed by atoms with van der Waals surface area (Å²) in [6, 6.07) is -0.120. The maximum absolute atomic E-state index is 6.33. The van der Waals surface area contributed by atoms with E-state index in [9.17, 15) is 0 Å². The summed E-state index contributed by atoms with van der Waals surface area (Å²) in [6.07, 6.45) is 33.1. The summed E-state index contributed by atoms with van der Waals surface area (Å²) in [5.74, 6) is 0. The highest BCUT2D eigenvalue weighted by molar-refractivity contribution is 5.36. The van der Waals surface area contributed by atoms with Gasteiger partial charge < -0.3 is 10.5 Å². The van der Waals surface area contributed by atoms with Crippen molar-refractivity contribution in [2.45, 2.75) is 154 Å². The zero-order valence-electron chi connectivity index (χ0n) is 22.7. The molecule has 2 aliphatic rings. The Balaban J connectivity index is 1.81. The first-order chi connectivity index (χ1) is 16.6. The smallest absolute Gasteiger partial charge is 0.163 e. The molecule has 0 saturated carbocycles. The van der Waals surface area contributed by atoms with Gasteiger partial charge in [-0.25, -0.2) is 0 Å². The van der Waals surface area contributed by atoms with Crippen LogP contribution < -0.4 is 11.3 Å². The molecule has 1 heterocycles. The third kappa shape index (κ3) is 8.50. The van der Waals surface area contributed by atoms with E-state index in [1.807, 2.05) is 6.08 Å². The number of hydrogen-bond acceptors (Lipinski definition) is 3. The first-order valence-corrected chi connectivity index (χ1v) is 14.8. The molecule has 0 aromatic heterocycles. The SMILES string of the molecule is CCCCCCCCCCCCC1(CCCCCCCCCC)COC12C=C(N)C=CC2N=[NH2+]. The van der Waals surface area contributed by atoms with Gasteiger partial charge in [-0.15, -0.1) is 0 Å². The Kier molecular flexibility index (Phi) is 14.1. The zero-order valence-corrected chi connectivity index (χ0v) is 22.7. The van der Waals surface area contributed by atoms with Crippen LogP contribution in [-0.2, 0) is 4.74 Å². The summed E-state index contributed by atoms with van der Waals surface area (Å²) in [5.41, 5.74) is 12.6. The second-order valence-electron chi connectivity index (χ2n) is 11.1. The van der Waals surface area contributed by atoms with Crippen molar-refractivity contribution in [2.24, 2.45) is 16.3 Å². The van der Waals surface area contributed by atoms with Crippen LogP contribution in [0.15, 0.2) is 29.0 Å². The van der Waals surface area contributed by atoms with Crippen molar-refractivity contribution in [3.63, 3.8) is 0 Å². The van der Waals surface area contributed by atoms with Crippen molar-refractivity contribution in [2.75, 3.05) is 6.61 Å². The molecular weight excluding hydrogens is 418 g/mol. The molecule has 3 unspecified atom stereocenters. The van der Waals surface area contributed by atoms with Crippen LogP contribution in [0.2, 0.25) is 0 Å². The molecule has 1 spiro atoms. The number of allylic oxidation sites excluding steroid dienone is 1. The fraction of sp³-hybridized carbons (Fsp3) is 0.867. The summed E-state index contributed by atoms with van der Waals surface area (Å²) in [7, 11) is 0. The molecule has 1 aliphatic carbocycles. The lowest BCUT2D eigenvalue weighted by Gasteiger charge is -2.60. The molecule has 0 amide bonds. The summed E-state index contributed by atoms with van der Waals surface area (Å²) < 4.78 is 6.33. The van der Waals surface area contributed by atoms with Crippen LogP contribution in [0.4, 0.5) is 0 Å². The van der Waals surface area contributed by atoms with Crippen molar-refractivity contribution in [3.8, 4) is 0 Å². The summed E-state index contributed by atoms with van der Waals surface area (Å²) >= 11 is 0. The number of hydrogen-bond donors (Lipinski definition) is 2. The van der Waals surface area contributed by atoms with Crippen molar-refractivity contribution >= 4 is 0 Å². The van der Waals surface area contributed by atoms with E-state index in [-0.39, 0.29) is 11.5 Å². The third-order valence-corrected chi connectivity index (χ3v) is 8.39. The molecule has 3 atom stereocenters. The molecule has 0 bridgehead atoms. The first-order valence-electron chi connectivity index (χ1n) is 14.8. The van der Waals surface area contributed by atoms with Gasteiger partial charge in [-0.2, -0.15) is 5.53 Å². The van der Waals surface area contributed by atoms with Gasteiger partial charge in [0.25, 0.3) is 0 Å². The van der Waals surface area contributed by atoms with E-state index in [4.69, 9.17) is 16.0 Å². The number of unbranched alkanes of at least 4 members (excludes halogenated alkanes) is 16. The molecule has 1 aliphatic heterocycles. The molecule has 1 fully saturated rings. The topological polar surface area (TPSA) is 73.2 Å². The number of rotatable bonds is 21. The van der Waals surface area contributed by atoms with E-state index in [1.54, 1.807) is 0 Å². The van der Waals surface area contributed by atoms with Gasteiger partial charge in [0.15, 0.2) is 6.04 Å². The summed E-state index contributed by atoms with van der Waals surface area (Å²) in [6.45, 7) is 5.40. The third-order valence-electron chi connectivity index (χ3n) is 8.39.